The number of rotatable bonds is 4. The van der Waals surface area contributed by atoms with Crippen LogP contribution >= 0.6 is 11.6 Å². The summed E-state index contributed by atoms with van der Waals surface area (Å²) < 4.78 is 26.5. The van der Waals surface area contributed by atoms with E-state index in [0.717, 1.165) is 10.9 Å². The van der Waals surface area contributed by atoms with E-state index in [-0.39, 0.29) is 6.54 Å². The lowest BCUT2D eigenvalue weighted by molar-refractivity contribution is 0.0684. The molecule has 0 unspecified atom stereocenters. The lowest BCUT2D eigenvalue weighted by Crippen LogP contribution is -2.01. The van der Waals surface area contributed by atoms with Gasteiger partial charge in [-0.05, 0) is 11.6 Å². The summed E-state index contributed by atoms with van der Waals surface area (Å²) in [5.41, 5.74) is -0.564. The van der Waals surface area contributed by atoms with Crippen molar-refractivity contribution in [3.63, 3.8) is 0 Å². The summed E-state index contributed by atoms with van der Waals surface area (Å²) in [6, 6.07) is 6.86. The largest absolute Gasteiger partial charge is 0.478 e. The molecule has 0 aliphatic heterocycles. The lowest BCUT2D eigenvalue weighted by Gasteiger charge is -2.03. The van der Waals surface area contributed by atoms with Gasteiger partial charge in [0.1, 0.15) is 11.3 Å². The van der Waals surface area contributed by atoms with Crippen LogP contribution in [-0.4, -0.2) is 20.9 Å². The van der Waals surface area contributed by atoms with Crippen molar-refractivity contribution in [1.82, 2.24) is 9.78 Å². The predicted molar refractivity (Wildman–Crippen MR) is 64.7 cm³/mol. The first-order valence-electron chi connectivity index (χ1n) is 5.31. The van der Waals surface area contributed by atoms with Crippen LogP contribution in [-0.2, 0) is 6.54 Å². The van der Waals surface area contributed by atoms with Gasteiger partial charge in [-0.25, -0.2) is 13.6 Å². The van der Waals surface area contributed by atoms with E-state index in [1.807, 2.05) is 0 Å². The summed E-state index contributed by atoms with van der Waals surface area (Å²) in [6.45, 7) is 0.132. The number of hydrogen-bond donors (Lipinski definition) is 1. The fraction of sp³-hybridized carbons (Fsp3) is 0.167. The summed E-state index contributed by atoms with van der Waals surface area (Å²) in [5.74, 6) is -1.43. The van der Waals surface area contributed by atoms with Gasteiger partial charge in [0.2, 0.25) is 0 Å². The van der Waals surface area contributed by atoms with Gasteiger partial charge in [0.05, 0.1) is 6.54 Å². The fourth-order valence-corrected chi connectivity index (χ4v) is 1.84. The average Bonchev–Trinajstić information content (AvgIpc) is 2.76. The van der Waals surface area contributed by atoms with E-state index < -0.39 is 23.7 Å². The highest BCUT2D eigenvalue weighted by atomic mass is 35.5. The molecule has 7 heteroatoms. The molecule has 0 radical (unpaired) electrons. The maximum absolute atomic E-state index is 12.7. The highest BCUT2D eigenvalue weighted by Gasteiger charge is 2.22. The Hall–Kier alpha value is -1.95. The van der Waals surface area contributed by atoms with Crippen LogP contribution in [0.2, 0.25) is 5.02 Å². The van der Waals surface area contributed by atoms with E-state index in [2.05, 4.69) is 5.10 Å². The molecule has 0 bridgehead atoms. The Morgan fingerprint density at radius 2 is 2.11 bits per heavy atom. The molecule has 1 aromatic heterocycles. The van der Waals surface area contributed by atoms with Crippen LogP contribution in [0.4, 0.5) is 8.78 Å². The molecular weight excluding hydrogens is 278 g/mol. The zero-order valence-electron chi connectivity index (χ0n) is 9.55. The average molecular weight is 287 g/mol. The molecule has 0 saturated carbocycles. The second-order valence-corrected chi connectivity index (χ2v) is 4.23. The molecule has 0 aliphatic carbocycles. The molecule has 0 aliphatic rings. The fourth-order valence-electron chi connectivity index (χ4n) is 1.64. The first kappa shape index (κ1) is 13.5. The Kier molecular flexibility index (Phi) is 3.80. The Labute approximate surface area is 112 Å². The number of aromatic carboxylic acids is 1. The van der Waals surface area contributed by atoms with Crippen LogP contribution in [0.25, 0.3) is 0 Å². The first-order chi connectivity index (χ1) is 8.99. The summed E-state index contributed by atoms with van der Waals surface area (Å²) in [5, 5.41) is 12.9. The second kappa shape index (κ2) is 5.36. The number of carbonyl (C=O) groups is 1. The highest BCUT2D eigenvalue weighted by molar-refractivity contribution is 6.31. The summed E-state index contributed by atoms with van der Waals surface area (Å²) >= 11 is 5.94. The van der Waals surface area contributed by atoms with Crippen molar-refractivity contribution in [2.24, 2.45) is 0 Å². The molecular formula is C12H9ClF2N2O2. The topological polar surface area (TPSA) is 55.1 Å². The van der Waals surface area contributed by atoms with Crippen molar-refractivity contribution in [3.05, 3.63) is 52.3 Å². The molecule has 1 aromatic carbocycles. The number of carboxylic acid groups (broad SMARTS) is 1. The summed E-state index contributed by atoms with van der Waals surface area (Å²) in [7, 11) is 0. The van der Waals surface area contributed by atoms with Crippen LogP contribution in [0.1, 0.15) is 28.0 Å². The smallest absolute Gasteiger partial charge is 0.339 e. The number of carboxylic acids is 1. The van der Waals surface area contributed by atoms with Crippen molar-refractivity contribution in [3.8, 4) is 0 Å². The van der Waals surface area contributed by atoms with Gasteiger partial charge in [-0.15, -0.1) is 0 Å². The van der Waals surface area contributed by atoms with Gasteiger partial charge in [-0.2, -0.15) is 5.10 Å². The minimum atomic E-state index is -2.93. The monoisotopic (exact) mass is 286 g/mol. The van der Waals surface area contributed by atoms with Gasteiger partial charge in [-0.1, -0.05) is 29.8 Å². The Balaban J connectivity index is 2.34. The van der Waals surface area contributed by atoms with E-state index in [0.29, 0.717) is 10.6 Å². The number of aromatic nitrogens is 2. The van der Waals surface area contributed by atoms with E-state index in [9.17, 15) is 13.6 Å². The SMILES string of the molecule is O=C(O)c1cn(Cc2ccccc2Cl)nc1C(F)F. The number of nitrogens with zero attached hydrogens (tertiary/aromatic N) is 2. The number of hydrogen-bond acceptors (Lipinski definition) is 2. The Morgan fingerprint density at radius 3 is 2.63 bits per heavy atom. The maximum atomic E-state index is 12.7. The third-order valence-electron chi connectivity index (χ3n) is 2.52. The third kappa shape index (κ3) is 2.90. The number of benzene rings is 1. The molecule has 1 N–H and O–H groups in total. The van der Waals surface area contributed by atoms with Crippen molar-refractivity contribution >= 4 is 17.6 Å². The minimum Gasteiger partial charge on any atom is -0.478 e. The lowest BCUT2D eigenvalue weighted by atomic mass is 10.2. The standard InChI is InChI=1S/C12H9ClF2N2O2/c13-9-4-2-1-3-7(9)5-17-6-8(12(18)19)10(16-17)11(14)15/h1-4,6,11H,5H2,(H,18,19). The van der Waals surface area contributed by atoms with Crippen molar-refractivity contribution in [1.29, 1.82) is 0 Å². The number of halogens is 3. The van der Waals surface area contributed by atoms with E-state index in [1.165, 1.54) is 0 Å². The molecule has 0 spiro atoms. The molecule has 19 heavy (non-hydrogen) atoms. The van der Waals surface area contributed by atoms with E-state index in [1.54, 1.807) is 24.3 Å². The first-order valence-corrected chi connectivity index (χ1v) is 5.69. The Morgan fingerprint density at radius 1 is 1.42 bits per heavy atom. The van der Waals surface area contributed by atoms with Crippen molar-refractivity contribution in [2.75, 3.05) is 0 Å². The number of alkyl halides is 2. The van der Waals surface area contributed by atoms with Crippen molar-refractivity contribution in [2.45, 2.75) is 13.0 Å². The van der Waals surface area contributed by atoms with Crippen LogP contribution in [0.15, 0.2) is 30.5 Å². The second-order valence-electron chi connectivity index (χ2n) is 3.82. The normalized spacial score (nSPS) is 10.9. The van der Waals surface area contributed by atoms with Crippen LogP contribution in [0.5, 0.6) is 0 Å². The Bertz CT molecular complexity index is 614. The van der Waals surface area contributed by atoms with Gasteiger partial charge in [-0.3, -0.25) is 4.68 Å². The molecule has 2 rings (SSSR count). The van der Waals surface area contributed by atoms with E-state index in [4.69, 9.17) is 16.7 Å². The van der Waals surface area contributed by atoms with E-state index >= 15 is 0 Å². The zero-order valence-corrected chi connectivity index (χ0v) is 10.3. The maximum Gasteiger partial charge on any atom is 0.339 e. The van der Waals surface area contributed by atoms with Gasteiger partial charge < -0.3 is 5.11 Å². The molecule has 100 valence electrons. The van der Waals surface area contributed by atoms with Crippen LogP contribution in [0, 0.1) is 0 Å². The third-order valence-corrected chi connectivity index (χ3v) is 2.89. The molecule has 4 nitrogen and oxygen atoms in total. The van der Waals surface area contributed by atoms with Crippen molar-refractivity contribution < 1.29 is 18.7 Å². The summed E-state index contributed by atoms with van der Waals surface area (Å²) in [4.78, 5) is 10.8. The van der Waals surface area contributed by atoms with Crippen LogP contribution in [0.3, 0.4) is 0 Å². The van der Waals surface area contributed by atoms with Crippen LogP contribution < -0.4 is 0 Å². The predicted octanol–water partition coefficient (Wildman–Crippen LogP) is 3.22. The minimum absolute atomic E-state index is 0.132. The molecule has 1 heterocycles. The molecule has 0 amide bonds. The van der Waals surface area contributed by atoms with Gasteiger partial charge >= 0.3 is 5.97 Å². The molecule has 0 atom stereocenters. The zero-order chi connectivity index (χ0) is 14.0. The van der Waals surface area contributed by atoms with Gasteiger partial charge in [0, 0.05) is 11.2 Å². The molecule has 2 aromatic rings. The van der Waals surface area contributed by atoms with Gasteiger partial charge in [0.25, 0.3) is 6.43 Å². The molecule has 0 saturated heterocycles. The highest BCUT2D eigenvalue weighted by Crippen LogP contribution is 2.22. The summed E-state index contributed by atoms with van der Waals surface area (Å²) in [6.07, 6.45) is -1.86. The quantitative estimate of drug-likeness (QED) is 0.939. The van der Waals surface area contributed by atoms with Gasteiger partial charge in [0.15, 0.2) is 0 Å². The molecule has 0 fully saturated rings.